The summed E-state index contributed by atoms with van der Waals surface area (Å²) in [6.07, 6.45) is 0.776. The number of anilines is 1. The number of aromatic nitrogens is 2. The highest BCUT2D eigenvalue weighted by atomic mass is 32.2. The van der Waals surface area contributed by atoms with Crippen LogP contribution in [0.4, 0.5) is 5.82 Å². The van der Waals surface area contributed by atoms with Crippen LogP contribution in [0.15, 0.2) is 20.3 Å². The fraction of sp³-hybridized carbons (Fsp3) is 0.429. The molecule has 1 aromatic heterocycles. The number of carbonyl (C=O) groups is 1. The first kappa shape index (κ1) is 16.1. The third kappa shape index (κ3) is 2.85. The predicted molar refractivity (Wildman–Crippen MR) is 82.4 cm³/mol. The average molecular weight is 320 g/mol. The Morgan fingerprint density at radius 3 is 2.82 bits per heavy atom. The van der Waals surface area contributed by atoms with E-state index in [0.717, 1.165) is 18.2 Å². The second kappa shape index (κ2) is 6.66. The lowest BCUT2D eigenvalue weighted by molar-refractivity contribution is -0.138. The Hall–Kier alpha value is -2.27. The van der Waals surface area contributed by atoms with E-state index >= 15 is 0 Å². The highest BCUT2D eigenvalue weighted by Crippen LogP contribution is 2.44. The molecule has 1 aromatic rings. The fourth-order valence-corrected chi connectivity index (χ4v) is 3.19. The second-order valence-corrected chi connectivity index (χ2v) is 5.57. The van der Waals surface area contributed by atoms with Gasteiger partial charge in [0.1, 0.15) is 21.8 Å². The van der Waals surface area contributed by atoms with Crippen LogP contribution in [0, 0.1) is 18.3 Å². The lowest BCUT2D eigenvalue weighted by atomic mass is 10.3. The number of rotatable bonds is 4. The van der Waals surface area contributed by atoms with Crippen molar-refractivity contribution in [2.75, 3.05) is 18.1 Å². The van der Waals surface area contributed by atoms with Crippen molar-refractivity contribution in [3.05, 3.63) is 26.8 Å². The van der Waals surface area contributed by atoms with Gasteiger partial charge in [0.15, 0.2) is 11.4 Å². The summed E-state index contributed by atoms with van der Waals surface area (Å²) in [4.78, 5) is 33.1. The summed E-state index contributed by atoms with van der Waals surface area (Å²) in [5, 5.41) is 9.72. The molecule has 0 aliphatic carbocycles. The highest BCUT2D eigenvalue weighted by Gasteiger charge is 2.34. The molecule has 0 aromatic carbocycles. The number of aryl methyl sites for hydroxylation is 1. The summed E-state index contributed by atoms with van der Waals surface area (Å²) in [6, 6.07) is 1.89. The highest BCUT2D eigenvalue weighted by molar-refractivity contribution is 8.03. The fourth-order valence-electron chi connectivity index (χ4n) is 2.08. The minimum atomic E-state index is -0.686. The standard InChI is InChI=1S/C14H16N4O3S/c1-4-6-18-11-10(12(19)17-8(3)16-11)22-13(18)9(7-15)14(20)21-5-2/h4-6H2,1-3H3,(H,16,17,19)/b13-9-. The maximum absolute atomic E-state index is 12.1. The Kier molecular flexibility index (Phi) is 4.88. The van der Waals surface area contributed by atoms with Gasteiger partial charge in [-0.2, -0.15) is 5.26 Å². The van der Waals surface area contributed by atoms with Crippen LogP contribution >= 0.6 is 11.8 Å². The molecule has 2 heterocycles. The molecule has 1 N–H and O–H groups in total. The number of hydrogen-bond acceptors (Lipinski definition) is 7. The zero-order chi connectivity index (χ0) is 16.3. The lowest BCUT2D eigenvalue weighted by Crippen LogP contribution is -2.24. The van der Waals surface area contributed by atoms with Crippen LogP contribution in [0.25, 0.3) is 0 Å². The quantitative estimate of drug-likeness (QED) is 0.512. The minimum Gasteiger partial charge on any atom is -0.462 e. The van der Waals surface area contributed by atoms with Crippen LogP contribution in [-0.4, -0.2) is 29.1 Å². The molecule has 0 bridgehead atoms. The van der Waals surface area contributed by atoms with Gasteiger partial charge in [0.2, 0.25) is 0 Å². The summed E-state index contributed by atoms with van der Waals surface area (Å²) in [7, 11) is 0. The number of aromatic amines is 1. The Balaban J connectivity index is 2.59. The number of hydrogen-bond donors (Lipinski definition) is 1. The van der Waals surface area contributed by atoms with E-state index in [9.17, 15) is 14.9 Å². The van der Waals surface area contributed by atoms with Gasteiger partial charge in [-0.25, -0.2) is 9.78 Å². The molecule has 0 spiro atoms. The molecule has 0 fully saturated rings. The minimum absolute atomic E-state index is 0.102. The van der Waals surface area contributed by atoms with Crippen molar-refractivity contribution in [2.45, 2.75) is 32.1 Å². The zero-order valence-corrected chi connectivity index (χ0v) is 13.4. The Morgan fingerprint density at radius 2 is 2.23 bits per heavy atom. The first-order chi connectivity index (χ1) is 10.5. The van der Waals surface area contributed by atoms with Crippen molar-refractivity contribution in [3.8, 4) is 6.07 Å². The molecule has 1 aliphatic rings. The summed E-state index contributed by atoms with van der Waals surface area (Å²) >= 11 is 1.08. The molecule has 8 heteroatoms. The topological polar surface area (TPSA) is 99.1 Å². The maximum Gasteiger partial charge on any atom is 0.351 e. The van der Waals surface area contributed by atoms with Gasteiger partial charge in [-0.1, -0.05) is 18.7 Å². The van der Waals surface area contributed by atoms with Gasteiger partial charge in [-0.3, -0.25) is 4.79 Å². The molecule has 0 amide bonds. The van der Waals surface area contributed by atoms with E-state index in [2.05, 4.69) is 9.97 Å². The van der Waals surface area contributed by atoms with E-state index in [4.69, 9.17) is 4.74 Å². The normalized spacial score (nSPS) is 15.3. The summed E-state index contributed by atoms with van der Waals surface area (Å²) in [5.74, 6) is 0.288. The van der Waals surface area contributed by atoms with Gasteiger partial charge in [-0.15, -0.1) is 0 Å². The monoisotopic (exact) mass is 320 g/mol. The molecule has 0 saturated heterocycles. The first-order valence-corrected chi connectivity index (χ1v) is 7.72. The van der Waals surface area contributed by atoms with E-state index < -0.39 is 5.97 Å². The molecule has 7 nitrogen and oxygen atoms in total. The number of H-pyrrole nitrogens is 1. The third-order valence-electron chi connectivity index (χ3n) is 2.93. The zero-order valence-electron chi connectivity index (χ0n) is 12.6. The molecule has 0 saturated carbocycles. The van der Waals surface area contributed by atoms with E-state index in [1.165, 1.54) is 0 Å². The van der Waals surface area contributed by atoms with Crippen LogP contribution < -0.4 is 10.5 Å². The van der Waals surface area contributed by atoms with Gasteiger partial charge < -0.3 is 14.6 Å². The van der Waals surface area contributed by atoms with Crippen LogP contribution in [-0.2, 0) is 9.53 Å². The van der Waals surface area contributed by atoms with E-state index in [1.807, 2.05) is 13.0 Å². The summed E-state index contributed by atoms with van der Waals surface area (Å²) in [5.41, 5.74) is -0.375. The molecule has 0 unspecified atom stereocenters. The second-order valence-electron chi connectivity index (χ2n) is 4.57. The lowest BCUT2D eigenvalue weighted by Gasteiger charge is -2.19. The molecular formula is C14H16N4O3S. The van der Waals surface area contributed by atoms with Crippen LogP contribution in [0.5, 0.6) is 0 Å². The Morgan fingerprint density at radius 1 is 1.50 bits per heavy atom. The molecule has 0 radical (unpaired) electrons. The van der Waals surface area contributed by atoms with E-state index in [1.54, 1.807) is 18.7 Å². The summed E-state index contributed by atoms with van der Waals surface area (Å²) < 4.78 is 4.92. The van der Waals surface area contributed by atoms with Gasteiger partial charge in [0.25, 0.3) is 5.56 Å². The van der Waals surface area contributed by atoms with Crippen LogP contribution in [0.2, 0.25) is 0 Å². The SMILES string of the molecule is CCCN1/C(=C(\C#N)C(=O)OCC)Sc2c1nc(C)[nH]c2=O. The van der Waals surface area contributed by atoms with E-state index in [-0.39, 0.29) is 17.7 Å². The van der Waals surface area contributed by atoms with Crippen molar-refractivity contribution < 1.29 is 9.53 Å². The number of ether oxygens (including phenoxy) is 1. The number of nitrogens with zero attached hydrogens (tertiary/aromatic N) is 3. The van der Waals surface area contributed by atoms with Gasteiger partial charge in [0.05, 0.1) is 6.61 Å². The van der Waals surface area contributed by atoms with Crippen molar-refractivity contribution in [1.82, 2.24) is 9.97 Å². The predicted octanol–water partition coefficient (Wildman–Crippen LogP) is 1.70. The molecule has 2 rings (SSSR count). The third-order valence-corrected chi connectivity index (χ3v) is 4.12. The van der Waals surface area contributed by atoms with E-state index in [0.29, 0.717) is 28.1 Å². The van der Waals surface area contributed by atoms with Crippen molar-refractivity contribution in [3.63, 3.8) is 0 Å². The van der Waals surface area contributed by atoms with Crippen LogP contribution in [0.1, 0.15) is 26.1 Å². The largest absolute Gasteiger partial charge is 0.462 e. The Labute approximate surface area is 132 Å². The summed E-state index contributed by atoms with van der Waals surface area (Å²) in [6.45, 7) is 6.06. The first-order valence-electron chi connectivity index (χ1n) is 6.91. The molecule has 22 heavy (non-hydrogen) atoms. The van der Waals surface area contributed by atoms with Gasteiger partial charge in [0, 0.05) is 6.54 Å². The molecule has 116 valence electrons. The number of nitriles is 1. The van der Waals surface area contributed by atoms with Crippen molar-refractivity contribution in [1.29, 1.82) is 5.26 Å². The van der Waals surface area contributed by atoms with Gasteiger partial charge >= 0.3 is 5.97 Å². The smallest absolute Gasteiger partial charge is 0.351 e. The number of carbonyl (C=O) groups excluding carboxylic acids is 1. The average Bonchev–Trinajstić information content (AvgIpc) is 2.80. The number of fused-ring (bicyclic) bond motifs is 1. The maximum atomic E-state index is 12.1. The van der Waals surface area contributed by atoms with Crippen molar-refractivity contribution >= 4 is 23.5 Å². The van der Waals surface area contributed by atoms with Crippen molar-refractivity contribution in [2.24, 2.45) is 0 Å². The molecule has 0 atom stereocenters. The number of thioether (sulfide) groups is 1. The molecule has 1 aliphatic heterocycles. The van der Waals surface area contributed by atoms with Crippen LogP contribution in [0.3, 0.4) is 0 Å². The molecular weight excluding hydrogens is 304 g/mol. The number of esters is 1. The Bertz CT molecular complexity index is 733. The van der Waals surface area contributed by atoms with Gasteiger partial charge in [-0.05, 0) is 20.3 Å². The number of nitrogens with one attached hydrogen (secondary N) is 1.